The molecule has 98 valence electrons. The number of rotatable bonds is 6. The lowest BCUT2D eigenvalue weighted by atomic mass is 10.3. The molecule has 0 heterocycles. The van der Waals surface area contributed by atoms with E-state index in [1.165, 1.54) is 0 Å². The Morgan fingerprint density at radius 2 is 1.65 bits per heavy atom. The van der Waals surface area contributed by atoms with Crippen molar-refractivity contribution in [1.29, 1.82) is 0 Å². The molecule has 0 aliphatic heterocycles. The molecule has 0 saturated carbocycles. The summed E-state index contributed by atoms with van der Waals surface area (Å²) in [6, 6.07) is 0. The predicted octanol–water partition coefficient (Wildman–Crippen LogP) is 0.0174. The van der Waals surface area contributed by atoms with Crippen LogP contribution in [0.1, 0.15) is 13.3 Å². The first kappa shape index (κ1) is 15.0. The van der Waals surface area contributed by atoms with Crippen molar-refractivity contribution in [1.82, 2.24) is 0 Å². The van der Waals surface area contributed by atoms with E-state index in [0.717, 1.165) is 6.92 Å². The van der Waals surface area contributed by atoms with Crippen molar-refractivity contribution in [3.8, 4) is 0 Å². The average molecular weight is 252 g/mol. The summed E-state index contributed by atoms with van der Waals surface area (Å²) in [4.78, 5) is 31.1. The molecule has 0 aromatic heterocycles. The molecule has 0 aliphatic rings. The summed E-state index contributed by atoms with van der Waals surface area (Å²) in [5.74, 6) is -4.42. The topological polar surface area (TPSA) is 140 Å². The van der Waals surface area contributed by atoms with Gasteiger partial charge in [-0.2, -0.15) is 0 Å². The van der Waals surface area contributed by atoms with Crippen LogP contribution in [0, 0.1) is 0 Å². The SMILES string of the molecule is CC(O)(OC(=O)OCCCOC(=O)O)C(=O)O. The van der Waals surface area contributed by atoms with Crippen molar-refractivity contribution >= 4 is 18.3 Å². The maximum absolute atomic E-state index is 10.8. The zero-order chi connectivity index (χ0) is 13.5. The molecule has 0 spiro atoms. The van der Waals surface area contributed by atoms with E-state index in [0.29, 0.717) is 0 Å². The van der Waals surface area contributed by atoms with Gasteiger partial charge in [-0.1, -0.05) is 0 Å². The molecule has 9 heteroatoms. The molecule has 17 heavy (non-hydrogen) atoms. The van der Waals surface area contributed by atoms with Gasteiger partial charge in [0.25, 0.3) is 0 Å². The maximum Gasteiger partial charge on any atom is 0.511 e. The molecule has 0 radical (unpaired) electrons. The second-order valence-electron chi connectivity index (χ2n) is 2.96. The number of aliphatic carboxylic acids is 1. The van der Waals surface area contributed by atoms with Crippen molar-refractivity contribution in [3.63, 3.8) is 0 Å². The molecular formula is C8H12O9. The van der Waals surface area contributed by atoms with E-state index in [1.54, 1.807) is 0 Å². The van der Waals surface area contributed by atoms with Crippen LogP contribution in [-0.4, -0.2) is 52.6 Å². The summed E-state index contributed by atoms with van der Waals surface area (Å²) >= 11 is 0. The molecular weight excluding hydrogens is 240 g/mol. The Morgan fingerprint density at radius 1 is 1.12 bits per heavy atom. The first-order chi connectivity index (χ1) is 7.75. The van der Waals surface area contributed by atoms with Crippen LogP contribution in [0.3, 0.4) is 0 Å². The van der Waals surface area contributed by atoms with E-state index in [4.69, 9.17) is 15.3 Å². The Balaban J connectivity index is 3.74. The molecule has 0 amide bonds. The van der Waals surface area contributed by atoms with Crippen molar-refractivity contribution in [3.05, 3.63) is 0 Å². The van der Waals surface area contributed by atoms with Gasteiger partial charge in [-0.15, -0.1) is 0 Å². The van der Waals surface area contributed by atoms with Gasteiger partial charge in [0.15, 0.2) is 0 Å². The summed E-state index contributed by atoms with van der Waals surface area (Å²) < 4.78 is 12.5. The van der Waals surface area contributed by atoms with Crippen LogP contribution in [0.25, 0.3) is 0 Å². The molecule has 1 unspecified atom stereocenters. The second kappa shape index (κ2) is 6.53. The van der Waals surface area contributed by atoms with Crippen molar-refractivity contribution < 1.29 is 43.9 Å². The van der Waals surface area contributed by atoms with Crippen LogP contribution in [0.15, 0.2) is 0 Å². The molecule has 0 saturated heterocycles. The van der Waals surface area contributed by atoms with Crippen LogP contribution in [0.2, 0.25) is 0 Å². The first-order valence-electron chi connectivity index (χ1n) is 4.43. The molecule has 0 rings (SSSR count). The lowest BCUT2D eigenvalue weighted by Crippen LogP contribution is -2.40. The fraction of sp³-hybridized carbons (Fsp3) is 0.625. The van der Waals surface area contributed by atoms with Crippen molar-refractivity contribution in [2.75, 3.05) is 13.2 Å². The minimum Gasteiger partial charge on any atom is -0.476 e. The standard InChI is InChI=1S/C8H12O9/c1-8(14,5(9)10)17-7(13)16-4-2-3-15-6(11)12/h14H,2-4H2,1H3,(H,9,10)(H,11,12). The van der Waals surface area contributed by atoms with Gasteiger partial charge in [0.05, 0.1) is 13.2 Å². The minimum atomic E-state index is -2.67. The molecule has 0 aromatic rings. The number of carbonyl (C=O) groups is 3. The quantitative estimate of drug-likeness (QED) is 0.339. The average Bonchev–Trinajstić information content (AvgIpc) is 2.15. The predicted molar refractivity (Wildman–Crippen MR) is 49.3 cm³/mol. The highest BCUT2D eigenvalue weighted by Crippen LogP contribution is 2.07. The Kier molecular flexibility index (Phi) is 5.75. The zero-order valence-corrected chi connectivity index (χ0v) is 8.91. The highest BCUT2D eigenvalue weighted by molar-refractivity contribution is 5.77. The Bertz CT molecular complexity index is 295. The van der Waals surface area contributed by atoms with E-state index < -0.39 is 24.1 Å². The fourth-order valence-corrected chi connectivity index (χ4v) is 0.609. The number of carboxylic acid groups (broad SMARTS) is 2. The number of aliphatic hydroxyl groups is 1. The van der Waals surface area contributed by atoms with Crippen LogP contribution in [0.5, 0.6) is 0 Å². The molecule has 0 fully saturated rings. The van der Waals surface area contributed by atoms with Gasteiger partial charge in [0.1, 0.15) is 0 Å². The van der Waals surface area contributed by atoms with Crippen LogP contribution < -0.4 is 0 Å². The number of ether oxygens (including phenoxy) is 3. The molecule has 0 aliphatic carbocycles. The summed E-state index contributed by atoms with van der Waals surface area (Å²) in [7, 11) is 0. The molecule has 0 bridgehead atoms. The second-order valence-corrected chi connectivity index (χ2v) is 2.96. The highest BCUT2D eigenvalue weighted by Gasteiger charge is 2.35. The minimum absolute atomic E-state index is 0.0800. The van der Waals surface area contributed by atoms with Gasteiger partial charge >= 0.3 is 24.1 Å². The Morgan fingerprint density at radius 3 is 2.12 bits per heavy atom. The number of hydrogen-bond donors (Lipinski definition) is 3. The largest absolute Gasteiger partial charge is 0.511 e. The van der Waals surface area contributed by atoms with E-state index in [1.807, 2.05) is 0 Å². The third kappa shape index (κ3) is 6.95. The summed E-state index contributed by atoms with van der Waals surface area (Å²) in [6.45, 7) is 0.337. The summed E-state index contributed by atoms with van der Waals surface area (Å²) in [5.41, 5.74) is 0. The summed E-state index contributed by atoms with van der Waals surface area (Å²) in [5, 5.41) is 25.5. The van der Waals surface area contributed by atoms with Gasteiger partial charge < -0.3 is 29.5 Å². The molecule has 0 aromatic carbocycles. The highest BCUT2D eigenvalue weighted by atomic mass is 16.8. The third-order valence-electron chi connectivity index (χ3n) is 1.41. The molecule has 1 atom stereocenters. The molecule has 9 nitrogen and oxygen atoms in total. The van der Waals surface area contributed by atoms with Crippen LogP contribution in [-0.2, 0) is 19.0 Å². The number of carbonyl (C=O) groups excluding carboxylic acids is 1. The van der Waals surface area contributed by atoms with E-state index in [-0.39, 0.29) is 19.6 Å². The third-order valence-corrected chi connectivity index (χ3v) is 1.41. The van der Waals surface area contributed by atoms with Crippen molar-refractivity contribution in [2.24, 2.45) is 0 Å². The summed E-state index contributed by atoms with van der Waals surface area (Å²) in [6.07, 6.45) is -2.76. The molecule has 3 N–H and O–H groups in total. The monoisotopic (exact) mass is 252 g/mol. The van der Waals surface area contributed by atoms with Gasteiger partial charge in [-0.25, -0.2) is 14.4 Å². The van der Waals surface area contributed by atoms with Gasteiger partial charge in [-0.05, 0) is 0 Å². The lowest BCUT2D eigenvalue weighted by Gasteiger charge is -2.17. The van der Waals surface area contributed by atoms with E-state index in [9.17, 15) is 14.4 Å². The Hall–Kier alpha value is -2.03. The zero-order valence-electron chi connectivity index (χ0n) is 8.91. The van der Waals surface area contributed by atoms with Gasteiger partial charge in [-0.3, -0.25) is 0 Å². The van der Waals surface area contributed by atoms with Gasteiger partial charge in [0, 0.05) is 13.3 Å². The van der Waals surface area contributed by atoms with Crippen molar-refractivity contribution in [2.45, 2.75) is 19.1 Å². The maximum atomic E-state index is 10.8. The smallest absolute Gasteiger partial charge is 0.476 e. The Labute approximate surface area is 95.5 Å². The fourth-order valence-electron chi connectivity index (χ4n) is 0.609. The van der Waals surface area contributed by atoms with Gasteiger partial charge in [0.2, 0.25) is 0 Å². The van der Waals surface area contributed by atoms with Crippen LogP contribution >= 0.6 is 0 Å². The normalized spacial score (nSPS) is 13.3. The van der Waals surface area contributed by atoms with E-state index in [2.05, 4.69) is 14.2 Å². The number of carboxylic acids is 1. The van der Waals surface area contributed by atoms with E-state index >= 15 is 0 Å². The number of hydrogen-bond acceptors (Lipinski definition) is 7. The van der Waals surface area contributed by atoms with Crippen LogP contribution in [0.4, 0.5) is 9.59 Å². The first-order valence-corrected chi connectivity index (χ1v) is 4.43. The lowest BCUT2D eigenvalue weighted by molar-refractivity contribution is -0.202.